The number of hydrogen-bond donors (Lipinski definition) is 2. The van der Waals surface area contributed by atoms with E-state index in [4.69, 9.17) is 10.6 Å². The van der Waals surface area contributed by atoms with E-state index >= 15 is 0 Å². The molecule has 0 aliphatic heterocycles. The van der Waals surface area contributed by atoms with Crippen LogP contribution in [0.2, 0.25) is 0 Å². The molecule has 0 unspecified atom stereocenters. The summed E-state index contributed by atoms with van der Waals surface area (Å²) < 4.78 is 5.53. The molecular weight excluding hydrogens is 248 g/mol. The highest BCUT2D eigenvalue weighted by molar-refractivity contribution is 5.45. The van der Waals surface area contributed by atoms with Gasteiger partial charge in [0, 0.05) is 12.1 Å². The van der Waals surface area contributed by atoms with E-state index in [2.05, 4.69) is 10.4 Å². The number of nitro groups is 1. The summed E-state index contributed by atoms with van der Waals surface area (Å²) in [6.45, 7) is 1.80. The van der Waals surface area contributed by atoms with Crippen LogP contribution in [0.3, 0.4) is 0 Å². The van der Waals surface area contributed by atoms with Crippen LogP contribution in [0.4, 0.5) is 11.5 Å². The van der Waals surface area contributed by atoms with E-state index in [9.17, 15) is 10.1 Å². The fourth-order valence-corrected chi connectivity index (χ4v) is 1.48. The lowest BCUT2D eigenvalue weighted by Gasteiger charge is -2.08. The van der Waals surface area contributed by atoms with E-state index in [1.807, 2.05) is 0 Å². The number of aryl methyl sites for hydroxylation is 1. The van der Waals surface area contributed by atoms with Gasteiger partial charge in [0.2, 0.25) is 5.88 Å². The standard InChI is InChI=1S/C12H12N4O3/c1-8-5-6-9(16(17)18)7-10(8)19-12-4-2-3-11(14-12)15-13/h2-7H,13H2,1H3,(H,14,15). The predicted octanol–water partition coefficient (Wildman–Crippen LogP) is 2.38. The number of benzene rings is 1. The number of nitrogens with two attached hydrogens (primary N) is 1. The third-order valence-electron chi connectivity index (χ3n) is 2.47. The molecule has 0 saturated heterocycles. The second-order valence-electron chi connectivity index (χ2n) is 3.81. The maximum absolute atomic E-state index is 10.7. The fourth-order valence-electron chi connectivity index (χ4n) is 1.48. The van der Waals surface area contributed by atoms with Crippen molar-refractivity contribution in [1.82, 2.24) is 4.98 Å². The van der Waals surface area contributed by atoms with Gasteiger partial charge in [-0.2, -0.15) is 4.98 Å². The van der Waals surface area contributed by atoms with Crippen LogP contribution >= 0.6 is 0 Å². The average Bonchev–Trinajstić information content (AvgIpc) is 2.41. The molecule has 0 fully saturated rings. The van der Waals surface area contributed by atoms with E-state index in [-0.39, 0.29) is 5.69 Å². The van der Waals surface area contributed by atoms with Crippen molar-refractivity contribution in [2.24, 2.45) is 5.84 Å². The van der Waals surface area contributed by atoms with Gasteiger partial charge in [0.1, 0.15) is 11.6 Å². The molecule has 2 rings (SSSR count). The highest BCUT2D eigenvalue weighted by atomic mass is 16.6. The molecule has 1 aromatic heterocycles. The summed E-state index contributed by atoms with van der Waals surface area (Å²) in [7, 11) is 0. The van der Waals surface area contributed by atoms with Crippen LogP contribution in [0.1, 0.15) is 5.56 Å². The first kappa shape index (κ1) is 12.8. The number of nitrogens with zero attached hydrogens (tertiary/aromatic N) is 2. The number of rotatable bonds is 4. The van der Waals surface area contributed by atoms with Gasteiger partial charge < -0.3 is 10.2 Å². The number of nitrogens with one attached hydrogen (secondary N) is 1. The van der Waals surface area contributed by atoms with Gasteiger partial charge in [0.05, 0.1) is 11.0 Å². The number of ether oxygens (including phenoxy) is 1. The second kappa shape index (κ2) is 5.32. The number of nitrogen functional groups attached to an aromatic ring is 1. The zero-order valence-corrected chi connectivity index (χ0v) is 10.2. The van der Waals surface area contributed by atoms with Crippen LogP contribution in [0.25, 0.3) is 0 Å². The van der Waals surface area contributed by atoms with E-state index in [1.165, 1.54) is 12.1 Å². The van der Waals surface area contributed by atoms with Crippen LogP contribution in [0.15, 0.2) is 36.4 Å². The Morgan fingerprint density at radius 1 is 1.37 bits per heavy atom. The molecule has 3 N–H and O–H groups in total. The van der Waals surface area contributed by atoms with Crippen LogP contribution in [0.5, 0.6) is 11.6 Å². The van der Waals surface area contributed by atoms with Crippen molar-refractivity contribution in [3.63, 3.8) is 0 Å². The minimum Gasteiger partial charge on any atom is -0.438 e. The Kier molecular flexibility index (Phi) is 3.58. The number of nitro benzene ring substituents is 1. The molecule has 98 valence electrons. The molecule has 0 aliphatic carbocycles. The van der Waals surface area contributed by atoms with E-state index in [0.717, 1.165) is 5.56 Å². The summed E-state index contributed by atoms with van der Waals surface area (Å²) in [5.41, 5.74) is 3.14. The number of non-ortho nitro benzene ring substituents is 1. The smallest absolute Gasteiger partial charge is 0.273 e. The topological polar surface area (TPSA) is 103 Å². The molecule has 19 heavy (non-hydrogen) atoms. The summed E-state index contributed by atoms with van der Waals surface area (Å²) >= 11 is 0. The number of pyridine rings is 1. The fraction of sp³-hybridized carbons (Fsp3) is 0.0833. The van der Waals surface area contributed by atoms with Gasteiger partial charge >= 0.3 is 0 Å². The average molecular weight is 260 g/mol. The molecule has 0 spiro atoms. The third kappa shape index (κ3) is 2.96. The number of anilines is 1. The number of hydrazine groups is 1. The third-order valence-corrected chi connectivity index (χ3v) is 2.47. The lowest BCUT2D eigenvalue weighted by atomic mass is 10.2. The van der Waals surface area contributed by atoms with Crippen LogP contribution in [-0.4, -0.2) is 9.91 Å². The van der Waals surface area contributed by atoms with Gasteiger partial charge in [-0.1, -0.05) is 6.07 Å². The van der Waals surface area contributed by atoms with Gasteiger partial charge in [-0.25, -0.2) is 5.84 Å². The molecule has 1 heterocycles. The largest absolute Gasteiger partial charge is 0.438 e. The zero-order valence-electron chi connectivity index (χ0n) is 10.2. The Bertz CT molecular complexity index is 616. The highest BCUT2D eigenvalue weighted by Crippen LogP contribution is 2.28. The normalized spacial score (nSPS) is 10.0. The second-order valence-corrected chi connectivity index (χ2v) is 3.81. The van der Waals surface area contributed by atoms with Crippen LogP contribution in [-0.2, 0) is 0 Å². The molecule has 0 bridgehead atoms. The van der Waals surface area contributed by atoms with E-state index in [0.29, 0.717) is 17.4 Å². The van der Waals surface area contributed by atoms with Gasteiger partial charge in [-0.05, 0) is 24.6 Å². The molecule has 7 nitrogen and oxygen atoms in total. The lowest BCUT2D eigenvalue weighted by molar-refractivity contribution is -0.384. The van der Waals surface area contributed by atoms with Crippen molar-refractivity contribution in [3.05, 3.63) is 52.1 Å². The Balaban J connectivity index is 2.31. The van der Waals surface area contributed by atoms with Crippen molar-refractivity contribution in [2.75, 3.05) is 5.43 Å². The quantitative estimate of drug-likeness (QED) is 0.497. The molecule has 0 saturated carbocycles. The Morgan fingerprint density at radius 3 is 2.84 bits per heavy atom. The minimum absolute atomic E-state index is 0.0336. The van der Waals surface area contributed by atoms with Crippen molar-refractivity contribution in [1.29, 1.82) is 0 Å². The van der Waals surface area contributed by atoms with Gasteiger partial charge in [-0.3, -0.25) is 10.1 Å². The Hall–Kier alpha value is -2.67. The van der Waals surface area contributed by atoms with Crippen molar-refractivity contribution >= 4 is 11.5 Å². The van der Waals surface area contributed by atoms with Gasteiger partial charge in [0.25, 0.3) is 5.69 Å². The van der Waals surface area contributed by atoms with Crippen LogP contribution < -0.4 is 16.0 Å². The Labute approximate surface area is 109 Å². The summed E-state index contributed by atoms with van der Waals surface area (Å²) in [5, 5.41) is 10.7. The van der Waals surface area contributed by atoms with E-state index < -0.39 is 4.92 Å². The molecule has 0 amide bonds. The highest BCUT2D eigenvalue weighted by Gasteiger charge is 2.10. The van der Waals surface area contributed by atoms with Crippen LogP contribution in [0, 0.1) is 17.0 Å². The first-order chi connectivity index (χ1) is 9.10. The molecule has 1 aromatic carbocycles. The number of aromatic nitrogens is 1. The predicted molar refractivity (Wildman–Crippen MR) is 70.0 cm³/mol. The summed E-state index contributed by atoms with van der Waals surface area (Å²) in [5.74, 6) is 6.38. The van der Waals surface area contributed by atoms with Crippen molar-refractivity contribution in [2.45, 2.75) is 6.92 Å². The molecule has 0 atom stereocenters. The lowest BCUT2D eigenvalue weighted by Crippen LogP contribution is -2.08. The van der Waals surface area contributed by atoms with Gasteiger partial charge in [0.15, 0.2) is 0 Å². The molecular formula is C12H12N4O3. The SMILES string of the molecule is Cc1ccc([N+](=O)[O-])cc1Oc1cccc(NN)n1. The summed E-state index contributed by atoms with van der Waals surface area (Å²) in [4.78, 5) is 14.3. The molecule has 7 heteroatoms. The minimum atomic E-state index is -0.475. The first-order valence-electron chi connectivity index (χ1n) is 5.46. The summed E-state index contributed by atoms with van der Waals surface area (Å²) in [6.07, 6.45) is 0. The Morgan fingerprint density at radius 2 is 2.16 bits per heavy atom. The maximum atomic E-state index is 10.7. The van der Waals surface area contributed by atoms with Crippen molar-refractivity contribution in [3.8, 4) is 11.6 Å². The molecule has 0 aliphatic rings. The van der Waals surface area contributed by atoms with Crippen molar-refractivity contribution < 1.29 is 9.66 Å². The number of hydrogen-bond acceptors (Lipinski definition) is 6. The monoisotopic (exact) mass is 260 g/mol. The maximum Gasteiger partial charge on any atom is 0.273 e. The summed E-state index contributed by atoms with van der Waals surface area (Å²) in [6, 6.07) is 9.43. The zero-order chi connectivity index (χ0) is 13.8. The van der Waals surface area contributed by atoms with Gasteiger partial charge in [-0.15, -0.1) is 0 Å². The first-order valence-corrected chi connectivity index (χ1v) is 5.46. The molecule has 2 aromatic rings. The van der Waals surface area contributed by atoms with E-state index in [1.54, 1.807) is 31.2 Å². The molecule has 0 radical (unpaired) electrons.